The second-order valence-electron chi connectivity index (χ2n) is 7.52. The van der Waals surface area contributed by atoms with Gasteiger partial charge in [-0.05, 0) is 47.1 Å². The molecule has 0 atom stereocenters. The minimum atomic E-state index is -0.813. The summed E-state index contributed by atoms with van der Waals surface area (Å²) < 4.78 is 9.44. The minimum absolute atomic E-state index is 0.199. The fourth-order valence-electron chi connectivity index (χ4n) is 3.33. The molecular formula is C22H31NO5. The Balaban J connectivity index is 4.00. The summed E-state index contributed by atoms with van der Waals surface area (Å²) in [5.41, 5.74) is 3.72. The van der Waals surface area contributed by atoms with Crippen LogP contribution in [0.15, 0.2) is 11.6 Å². The topological polar surface area (TPSA) is 72.9 Å². The van der Waals surface area contributed by atoms with E-state index in [4.69, 9.17) is 9.47 Å². The third kappa shape index (κ3) is 4.80. The van der Waals surface area contributed by atoms with Crippen molar-refractivity contribution in [1.82, 2.24) is 4.90 Å². The van der Waals surface area contributed by atoms with Crippen molar-refractivity contribution in [3.63, 3.8) is 0 Å². The molecule has 1 amide bonds. The maximum absolute atomic E-state index is 13.0. The van der Waals surface area contributed by atoms with Crippen LogP contribution in [0.2, 0.25) is 0 Å². The van der Waals surface area contributed by atoms with Crippen LogP contribution < -0.4 is 0 Å². The quantitative estimate of drug-likeness (QED) is 0.321. The molecule has 0 aliphatic heterocycles. The molecule has 0 N–H and O–H groups in total. The molecule has 0 heterocycles. The van der Waals surface area contributed by atoms with E-state index in [0.717, 1.165) is 16.7 Å². The van der Waals surface area contributed by atoms with E-state index in [-0.39, 0.29) is 23.3 Å². The zero-order chi connectivity index (χ0) is 21.8. The number of hydrogen-bond donors (Lipinski definition) is 0. The molecule has 0 unspecified atom stereocenters. The second kappa shape index (κ2) is 9.53. The molecule has 6 heteroatoms. The normalized spacial score (nSPS) is 10.7. The Morgan fingerprint density at radius 2 is 1.46 bits per heavy atom. The summed E-state index contributed by atoms with van der Waals surface area (Å²) in [6.45, 7) is 10.2. The van der Waals surface area contributed by atoms with Gasteiger partial charge in [-0.15, -0.1) is 0 Å². The highest BCUT2D eigenvalue weighted by Crippen LogP contribution is 2.34. The van der Waals surface area contributed by atoms with E-state index in [1.54, 1.807) is 14.1 Å². The van der Waals surface area contributed by atoms with E-state index < -0.39 is 11.9 Å². The van der Waals surface area contributed by atoms with Gasteiger partial charge in [-0.1, -0.05) is 33.8 Å². The van der Waals surface area contributed by atoms with Crippen LogP contribution in [0.4, 0.5) is 0 Å². The molecule has 0 fully saturated rings. The molecule has 28 heavy (non-hydrogen) atoms. The van der Waals surface area contributed by atoms with Crippen LogP contribution in [-0.2, 0) is 19.1 Å². The largest absolute Gasteiger partial charge is 0.465 e. The molecule has 0 radical (unpaired) electrons. The third-order valence-corrected chi connectivity index (χ3v) is 4.62. The number of methoxy groups -OCH3 is 2. The molecule has 0 spiro atoms. The highest BCUT2D eigenvalue weighted by atomic mass is 16.5. The molecule has 0 saturated heterocycles. The van der Waals surface area contributed by atoms with Crippen molar-refractivity contribution < 1.29 is 23.9 Å². The number of nitrogens with zero attached hydrogens (tertiary/aromatic N) is 1. The van der Waals surface area contributed by atoms with Crippen molar-refractivity contribution in [2.24, 2.45) is 0 Å². The van der Waals surface area contributed by atoms with Gasteiger partial charge in [0.05, 0.1) is 14.2 Å². The lowest BCUT2D eigenvalue weighted by molar-refractivity contribution is -0.143. The highest BCUT2D eigenvalue weighted by molar-refractivity contribution is 6.18. The van der Waals surface area contributed by atoms with Gasteiger partial charge in [-0.2, -0.15) is 0 Å². The number of rotatable bonds is 6. The fourth-order valence-corrected chi connectivity index (χ4v) is 3.33. The summed E-state index contributed by atoms with van der Waals surface area (Å²) >= 11 is 0. The van der Waals surface area contributed by atoms with Crippen LogP contribution in [0, 0.1) is 6.92 Å². The van der Waals surface area contributed by atoms with Gasteiger partial charge < -0.3 is 14.4 Å². The molecule has 6 nitrogen and oxygen atoms in total. The Kier molecular flexibility index (Phi) is 7.97. The molecule has 0 aliphatic carbocycles. The number of carbonyl (C=O) groups is 3. The summed E-state index contributed by atoms with van der Waals surface area (Å²) in [6, 6.07) is 1.88. The molecule has 154 valence electrons. The van der Waals surface area contributed by atoms with E-state index in [1.165, 1.54) is 25.2 Å². The summed E-state index contributed by atoms with van der Waals surface area (Å²) in [6.07, 6.45) is 1.39. The lowest BCUT2D eigenvalue weighted by Gasteiger charge is -2.24. The summed E-state index contributed by atoms with van der Waals surface area (Å²) in [5.74, 6) is -1.41. The van der Waals surface area contributed by atoms with Gasteiger partial charge in [0.2, 0.25) is 0 Å². The number of esters is 2. The monoisotopic (exact) mass is 389 g/mol. The first kappa shape index (κ1) is 23.4. The van der Waals surface area contributed by atoms with Gasteiger partial charge >= 0.3 is 11.9 Å². The lowest BCUT2D eigenvalue weighted by atomic mass is 9.82. The number of benzene rings is 1. The first-order valence-electron chi connectivity index (χ1n) is 9.25. The zero-order valence-corrected chi connectivity index (χ0v) is 18.3. The first-order valence-corrected chi connectivity index (χ1v) is 9.25. The van der Waals surface area contributed by atoms with Crippen molar-refractivity contribution in [1.29, 1.82) is 0 Å². The fraction of sp³-hybridized carbons (Fsp3) is 0.500. The molecule has 0 aromatic heterocycles. The smallest absolute Gasteiger partial charge is 0.345 e. The van der Waals surface area contributed by atoms with Gasteiger partial charge in [0.25, 0.3) is 5.91 Å². The van der Waals surface area contributed by atoms with Gasteiger partial charge in [0.15, 0.2) is 0 Å². The van der Waals surface area contributed by atoms with Crippen LogP contribution in [0.3, 0.4) is 0 Å². The molecule has 0 bridgehead atoms. The molecule has 1 aromatic carbocycles. The molecule has 0 saturated carbocycles. The second-order valence-corrected chi connectivity index (χ2v) is 7.52. The SMILES string of the molecule is COC(=O)C(=Cc1cc(C(C)C)c(C(C)C)c(C)c1C(=O)N(C)C)C(=O)OC. The Morgan fingerprint density at radius 3 is 1.82 bits per heavy atom. The van der Waals surface area contributed by atoms with Crippen LogP contribution in [0.5, 0.6) is 0 Å². The maximum Gasteiger partial charge on any atom is 0.345 e. The van der Waals surface area contributed by atoms with E-state index >= 15 is 0 Å². The molecule has 1 rings (SSSR count). The maximum atomic E-state index is 13.0. The Hall–Kier alpha value is -2.63. The average molecular weight is 389 g/mol. The van der Waals surface area contributed by atoms with Gasteiger partial charge in [0.1, 0.15) is 5.57 Å². The van der Waals surface area contributed by atoms with Gasteiger partial charge in [-0.3, -0.25) is 4.79 Å². The summed E-state index contributed by atoms with van der Waals surface area (Å²) in [5, 5.41) is 0. The Morgan fingerprint density at radius 1 is 0.964 bits per heavy atom. The van der Waals surface area contributed by atoms with Crippen molar-refractivity contribution in [2.45, 2.75) is 46.5 Å². The van der Waals surface area contributed by atoms with E-state index in [1.807, 2.05) is 13.0 Å². The van der Waals surface area contributed by atoms with E-state index in [2.05, 4.69) is 27.7 Å². The van der Waals surface area contributed by atoms with Crippen molar-refractivity contribution in [3.8, 4) is 0 Å². The molecule has 0 aliphatic rings. The molecular weight excluding hydrogens is 358 g/mol. The number of ether oxygens (including phenoxy) is 2. The van der Waals surface area contributed by atoms with Crippen LogP contribution in [-0.4, -0.2) is 51.1 Å². The molecule has 1 aromatic rings. The average Bonchev–Trinajstić information content (AvgIpc) is 2.63. The van der Waals surface area contributed by atoms with Crippen molar-refractivity contribution in [2.75, 3.05) is 28.3 Å². The van der Waals surface area contributed by atoms with E-state index in [0.29, 0.717) is 11.1 Å². The van der Waals surface area contributed by atoms with Crippen LogP contribution in [0.1, 0.15) is 72.1 Å². The number of amides is 1. The summed E-state index contributed by atoms with van der Waals surface area (Å²) in [7, 11) is 5.72. The first-order chi connectivity index (χ1) is 13.0. The van der Waals surface area contributed by atoms with E-state index in [9.17, 15) is 14.4 Å². The van der Waals surface area contributed by atoms with Crippen LogP contribution >= 0.6 is 0 Å². The third-order valence-electron chi connectivity index (χ3n) is 4.62. The van der Waals surface area contributed by atoms with Crippen LogP contribution in [0.25, 0.3) is 6.08 Å². The zero-order valence-electron chi connectivity index (χ0n) is 18.3. The number of carbonyl (C=O) groups excluding carboxylic acids is 3. The lowest BCUT2D eigenvalue weighted by Crippen LogP contribution is -2.25. The van der Waals surface area contributed by atoms with Crippen molar-refractivity contribution >= 4 is 23.9 Å². The van der Waals surface area contributed by atoms with Gasteiger partial charge in [0, 0.05) is 19.7 Å². The predicted octanol–water partition coefficient (Wildman–Crippen LogP) is 3.67. The number of hydrogen-bond acceptors (Lipinski definition) is 5. The summed E-state index contributed by atoms with van der Waals surface area (Å²) in [4.78, 5) is 38.7. The van der Waals surface area contributed by atoms with Crippen molar-refractivity contribution in [3.05, 3.63) is 39.5 Å². The van der Waals surface area contributed by atoms with Gasteiger partial charge in [-0.25, -0.2) is 9.59 Å². The minimum Gasteiger partial charge on any atom is -0.465 e. The predicted molar refractivity (Wildman–Crippen MR) is 109 cm³/mol. The highest BCUT2D eigenvalue weighted by Gasteiger charge is 2.26. The standard InChI is InChI=1S/C22H31NO5/c1-12(2)16-10-15(11-17(21(25)27-8)22(26)28-9)19(20(24)23(6)7)14(5)18(16)13(3)4/h10-13H,1-9H3. The Bertz CT molecular complexity index is 786. The Labute approximate surface area is 167 Å².